The second kappa shape index (κ2) is 6.40. The fourth-order valence-electron chi connectivity index (χ4n) is 1.12. The molecule has 0 aliphatic heterocycles. The van der Waals surface area contributed by atoms with E-state index >= 15 is 0 Å². The minimum Gasteiger partial charge on any atom is -0.480 e. The summed E-state index contributed by atoms with van der Waals surface area (Å²) in [7, 11) is 0. The summed E-state index contributed by atoms with van der Waals surface area (Å²) in [5, 5.41) is 20.4. The summed E-state index contributed by atoms with van der Waals surface area (Å²) in [6.45, 7) is 5.25. The van der Waals surface area contributed by atoms with E-state index in [9.17, 15) is 14.7 Å². The fourth-order valence-corrected chi connectivity index (χ4v) is 1.12. The van der Waals surface area contributed by atoms with Gasteiger partial charge in [0.1, 0.15) is 12.1 Å². The van der Waals surface area contributed by atoms with Crippen LogP contribution in [0.3, 0.4) is 0 Å². The van der Waals surface area contributed by atoms with Crippen molar-refractivity contribution in [2.75, 3.05) is 0 Å². The highest BCUT2D eigenvalue weighted by Gasteiger charge is 2.27. The highest BCUT2D eigenvalue weighted by atomic mass is 16.4. The zero-order valence-corrected chi connectivity index (χ0v) is 9.36. The third-order valence-corrected chi connectivity index (χ3v) is 2.47. The monoisotopic (exact) mass is 217 g/mol. The van der Waals surface area contributed by atoms with Crippen molar-refractivity contribution in [3.63, 3.8) is 0 Å². The summed E-state index contributed by atoms with van der Waals surface area (Å²) in [5.74, 6) is -1.85. The number of hydrogen-bond acceptors (Lipinski definition) is 3. The topological polar surface area (TPSA) is 86.6 Å². The molecule has 5 nitrogen and oxygen atoms in total. The van der Waals surface area contributed by atoms with Gasteiger partial charge in [0.05, 0.1) is 0 Å². The second-order valence-electron chi connectivity index (χ2n) is 3.63. The lowest BCUT2D eigenvalue weighted by Crippen LogP contribution is -2.48. The van der Waals surface area contributed by atoms with E-state index in [2.05, 4.69) is 5.32 Å². The highest BCUT2D eigenvalue weighted by molar-refractivity contribution is 5.86. The Morgan fingerprint density at radius 1 is 1.27 bits per heavy atom. The van der Waals surface area contributed by atoms with Gasteiger partial charge in [-0.3, -0.25) is 4.79 Å². The molecule has 0 aromatic rings. The predicted molar refractivity (Wildman–Crippen MR) is 55.3 cm³/mol. The second-order valence-corrected chi connectivity index (χ2v) is 3.63. The van der Waals surface area contributed by atoms with E-state index in [1.54, 1.807) is 13.8 Å². The van der Waals surface area contributed by atoms with E-state index in [-0.39, 0.29) is 12.3 Å². The van der Waals surface area contributed by atoms with E-state index in [0.717, 1.165) is 0 Å². The number of hydrogen-bond donors (Lipinski definition) is 3. The molecule has 0 radical (unpaired) electrons. The first kappa shape index (κ1) is 13.9. The molecule has 0 aliphatic carbocycles. The quantitative estimate of drug-likeness (QED) is 0.600. The van der Waals surface area contributed by atoms with Gasteiger partial charge in [0.2, 0.25) is 5.91 Å². The number of carboxylic acid groups (broad SMARTS) is 1. The zero-order valence-electron chi connectivity index (χ0n) is 9.36. The number of aliphatic hydroxyl groups is 1. The third kappa shape index (κ3) is 4.29. The van der Waals surface area contributed by atoms with Gasteiger partial charge in [0, 0.05) is 0 Å². The van der Waals surface area contributed by atoms with Gasteiger partial charge < -0.3 is 15.5 Å². The molecule has 1 unspecified atom stereocenters. The molecule has 15 heavy (non-hydrogen) atoms. The van der Waals surface area contributed by atoms with Gasteiger partial charge in [-0.2, -0.15) is 0 Å². The maximum Gasteiger partial charge on any atom is 0.326 e. The van der Waals surface area contributed by atoms with Crippen molar-refractivity contribution in [2.24, 2.45) is 5.92 Å². The first-order valence-electron chi connectivity index (χ1n) is 5.15. The molecule has 0 spiro atoms. The number of aliphatic hydroxyl groups excluding tert-OH is 1. The molecule has 5 heteroatoms. The number of amides is 1. The van der Waals surface area contributed by atoms with Crippen LogP contribution >= 0.6 is 0 Å². The normalized spacial score (nSPS) is 16.5. The molecular weight excluding hydrogens is 198 g/mol. The van der Waals surface area contributed by atoms with Gasteiger partial charge >= 0.3 is 5.97 Å². The van der Waals surface area contributed by atoms with Crippen LogP contribution in [0.5, 0.6) is 0 Å². The largest absolute Gasteiger partial charge is 0.480 e. The number of carbonyl (C=O) groups excluding carboxylic acids is 1. The molecule has 0 aromatic heterocycles. The SMILES string of the molecule is CCC(O)C(=O)N[C@H](C(=O)O)[C@@H](C)CC. The lowest BCUT2D eigenvalue weighted by atomic mass is 9.99. The van der Waals surface area contributed by atoms with Crippen LogP contribution in [0.25, 0.3) is 0 Å². The summed E-state index contributed by atoms with van der Waals surface area (Å²) in [4.78, 5) is 22.1. The molecule has 0 bridgehead atoms. The van der Waals surface area contributed by atoms with E-state index < -0.39 is 24.0 Å². The van der Waals surface area contributed by atoms with Gasteiger partial charge in [0.25, 0.3) is 0 Å². The van der Waals surface area contributed by atoms with Crippen LogP contribution in [0.4, 0.5) is 0 Å². The van der Waals surface area contributed by atoms with E-state index in [4.69, 9.17) is 5.11 Å². The summed E-state index contributed by atoms with van der Waals surface area (Å²) in [6.07, 6.45) is -0.200. The maximum absolute atomic E-state index is 11.3. The average molecular weight is 217 g/mol. The first-order chi connectivity index (χ1) is 6.93. The summed E-state index contributed by atoms with van der Waals surface area (Å²) < 4.78 is 0. The van der Waals surface area contributed by atoms with Gasteiger partial charge in [-0.1, -0.05) is 27.2 Å². The highest BCUT2D eigenvalue weighted by Crippen LogP contribution is 2.08. The van der Waals surface area contributed by atoms with Crippen molar-refractivity contribution in [2.45, 2.75) is 45.8 Å². The van der Waals surface area contributed by atoms with E-state index in [1.807, 2.05) is 6.92 Å². The molecular formula is C10H19NO4. The predicted octanol–water partition coefficient (Wildman–Crippen LogP) is 0.373. The van der Waals surface area contributed by atoms with Crippen molar-refractivity contribution < 1.29 is 19.8 Å². The maximum atomic E-state index is 11.3. The molecule has 3 atom stereocenters. The molecule has 0 saturated heterocycles. The molecule has 3 N–H and O–H groups in total. The van der Waals surface area contributed by atoms with Crippen molar-refractivity contribution >= 4 is 11.9 Å². The van der Waals surface area contributed by atoms with Crippen molar-refractivity contribution in [3.05, 3.63) is 0 Å². The average Bonchev–Trinajstić information content (AvgIpc) is 2.22. The number of carbonyl (C=O) groups is 2. The molecule has 1 amide bonds. The molecule has 0 aliphatic rings. The minimum atomic E-state index is -1.13. The van der Waals surface area contributed by atoms with E-state index in [0.29, 0.717) is 6.42 Å². The Hall–Kier alpha value is -1.10. The van der Waals surface area contributed by atoms with Crippen LogP contribution < -0.4 is 5.32 Å². The Morgan fingerprint density at radius 2 is 1.80 bits per heavy atom. The molecule has 0 heterocycles. The fraction of sp³-hybridized carbons (Fsp3) is 0.800. The Morgan fingerprint density at radius 3 is 2.13 bits per heavy atom. The van der Waals surface area contributed by atoms with Crippen molar-refractivity contribution in [1.29, 1.82) is 0 Å². The van der Waals surface area contributed by atoms with Gasteiger partial charge in [0.15, 0.2) is 0 Å². The Bertz CT molecular complexity index is 229. The van der Waals surface area contributed by atoms with Crippen LogP contribution in [-0.4, -0.2) is 34.2 Å². The molecule has 0 rings (SSSR count). The van der Waals surface area contributed by atoms with Crippen LogP contribution in [0.1, 0.15) is 33.6 Å². The summed E-state index contributed by atoms with van der Waals surface area (Å²) in [6, 6.07) is -0.927. The summed E-state index contributed by atoms with van der Waals surface area (Å²) in [5.41, 5.74) is 0. The van der Waals surface area contributed by atoms with Crippen molar-refractivity contribution in [1.82, 2.24) is 5.32 Å². The molecule has 0 fully saturated rings. The van der Waals surface area contributed by atoms with Crippen LogP contribution in [0.2, 0.25) is 0 Å². The van der Waals surface area contributed by atoms with Crippen LogP contribution in [0, 0.1) is 5.92 Å². The number of rotatable bonds is 6. The third-order valence-electron chi connectivity index (χ3n) is 2.47. The molecule has 0 aromatic carbocycles. The summed E-state index contributed by atoms with van der Waals surface area (Å²) >= 11 is 0. The lowest BCUT2D eigenvalue weighted by Gasteiger charge is -2.21. The molecule has 88 valence electrons. The van der Waals surface area contributed by atoms with Gasteiger partial charge in [-0.05, 0) is 12.3 Å². The number of aliphatic carboxylic acids is 1. The lowest BCUT2D eigenvalue weighted by molar-refractivity contribution is -0.144. The first-order valence-corrected chi connectivity index (χ1v) is 5.15. The van der Waals surface area contributed by atoms with Crippen molar-refractivity contribution in [3.8, 4) is 0 Å². The van der Waals surface area contributed by atoms with Crippen LogP contribution in [-0.2, 0) is 9.59 Å². The Kier molecular flexibility index (Phi) is 5.93. The van der Waals surface area contributed by atoms with Gasteiger partial charge in [-0.15, -0.1) is 0 Å². The smallest absolute Gasteiger partial charge is 0.326 e. The van der Waals surface area contributed by atoms with E-state index in [1.165, 1.54) is 0 Å². The standard InChI is InChI=1S/C10H19NO4/c1-4-6(3)8(10(14)15)11-9(13)7(12)5-2/h6-8,12H,4-5H2,1-3H3,(H,11,13)(H,14,15)/t6-,7?,8-/m0/s1. The zero-order chi connectivity index (χ0) is 12.0. The number of nitrogens with one attached hydrogen (secondary N) is 1. The minimum absolute atomic E-state index is 0.157. The molecule has 0 saturated carbocycles. The van der Waals surface area contributed by atoms with Gasteiger partial charge in [-0.25, -0.2) is 4.79 Å². The Balaban J connectivity index is 4.42. The number of carboxylic acids is 1. The Labute approximate surface area is 89.5 Å². The van der Waals surface area contributed by atoms with Crippen LogP contribution in [0.15, 0.2) is 0 Å².